The van der Waals surface area contributed by atoms with E-state index in [2.05, 4.69) is 27.8 Å². The van der Waals surface area contributed by atoms with Crippen molar-refractivity contribution in [2.75, 3.05) is 52.6 Å². The van der Waals surface area contributed by atoms with Crippen LogP contribution in [0.15, 0.2) is 29.3 Å². The van der Waals surface area contributed by atoms with Crippen molar-refractivity contribution in [3.63, 3.8) is 0 Å². The molecule has 31 heavy (non-hydrogen) atoms. The quantitative estimate of drug-likeness (QED) is 0.265. The van der Waals surface area contributed by atoms with Crippen LogP contribution in [0.25, 0.3) is 0 Å². The number of hydrogen-bond acceptors (Lipinski definition) is 4. The van der Waals surface area contributed by atoms with Gasteiger partial charge in [-0.25, -0.2) is 4.99 Å². The number of guanidine groups is 1. The van der Waals surface area contributed by atoms with E-state index in [0.29, 0.717) is 25.4 Å². The third-order valence-corrected chi connectivity index (χ3v) is 5.08. The lowest BCUT2D eigenvalue weighted by atomic mass is 9.93. The van der Waals surface area contributed by atoms with E-state index in [1.165, 1.54) is 0 Å². The van der Waals surface area contributed by atoms with Gasteiger partial charge in [-0.05, 0) is 57.5 Å². The first-order chi connectivity index (χ1) is 14.4. The molecule has 1 aromatic rings. The molecule has 9 heteroatoms. The van der Waals surface area contributed by atoms with Gasteiger partial charge in [0.15, 0.2) is 5.96 Å². The smallest absolute Gasteiger partial charge is 0.238 e. The Morgan fingerprint density at radius 1 is 1.19 bits per heavy atom. The Labute approximate surface area is 203 Å². The summed E-state index contributed by atoms with van der Waals surface area (Å²) >= 11 is 0. The van der Waals surface area contributed by atoms with E-state index in [0.717, 1.165) is 49.7 Å². The summed E-state index contributed by atoms with van der Waals surface area (Å²) in [6, 6.07) is 7.82. The van der Waals surface area contributed by atoms with Gasteiger partial charge in [-0.15, -0.1) is 24.0 Å². The Morgan fingerprint density at radius 3 is 2.52 bits per heavy atom. The van der Waals surface area contributed by atoms with Crippen LogP contribution in [0.5, 0.6) is 0 Å². The number of amides is 2. The molecule has 1 heterocycles. The van der Waals surface area contributed by atoms with E-state index in [9.17, 15) is 9.59 Å². The molecule has 0 radical (unpaired) electrons. The van der Waals surface area contributed by atoms with E-state index < -0.39 is 0 Å². The van der Waals surface area contributed by atoms with Crippen molar-refractivity contribution >= 4 is 47.4 Å². The highest BCUT2D eigenvalue weighted by molar-refractivity contribution is 14.0. The zero-order valence-electron chi connectivity index (χ0n) is 19.1. The molecule has 1 aromatic carbocycles. The number of rotatable bonds is 8. The molecule has 1 saturated heterocycles. The molecule has 3 N–H and O–H groups in total. The van der Waals surface area contributed by atoms with E-state index in [4.69, 9.17) is 4.99 Å². The molecule has 1 fully saturated rings. The Morgan fingerprint density at radius 2 is 1.90 bits per heavy atom. The van der Waals surface area contributed by atoms with Gasteiger partial charge in [-0.2, -0.15) is 0 Å². The highest BCUT2D eigenvalue weighted by atomic mass is 127. The predicted molar refractivity (Wildman–Crippen MR) is 137 cm³/mol. The molecule has 1 aliphatic heterocycles. The lowest BCUT2D eigenvalue weighted by molar-refractivity contribution is -0.121. The average Bonchev–Trinajstić information content (AvgIpc) is 2.71. The van der Waals surface area contributed by atoms with Crippen molar-refractivity contribution in [1.82, 2.24) is 20.4 Å². The van der Waals surface area contributed by atoms with Gasteiger partial charge in [0.25, 0.3) is 0 Å². The van der Waals surface area contributed by atoms with Gasteiger partial charge in [0, 0.05) is 38.8 Å². The second kappa shape index (κ2) is 14.2. The van der Waals surface area contributed by atoms with E-state index in [1.54, 1.807) is 7.05 Å². The highest BCUT2D eigenvalue weighted by Gasteiger charge is 2.23. The topological polar surface area (TPSA) is 89.1 Å². The van der Waals surface area contributed by atoms with Gasteiger partial charge in [-0.3, -0.25) is 9.59 Å². The lowest BCUT2D eigenvalue weighted by Crippen LogP contribution is -2.46. The molecule has 1 aliphatic rings. The third kappa shape index (κ3) is 9.86. The number of likely N-dealkylation sites (tertiary alicyclic amines) is 1. The van der Waals surface area contributed by atoms with Crippen LogP contribution in [0.1, 0.15) is 31.7 Å². The lowest BCUT2D eigenvalue weighted by Gasteiger charge is -2.34. The second-order valence-electron chi connectivity index (χ2n) is 7.96. The molecule has 174 valence electrons. The molecule has 0 unspecified atom stereocenters. The number of nitrogens with one attached hydrogen (secondary N) is 3. The molecule has 0 aliphatic carbocycles. The van der Waals surface area contributed by atoms with Crippen LogP contribution < -0.4 is 16.0 Å². The van der Waals surface area contributed by atoms with Crippen molar-refractivity contribution < 1.29 is 9.59 Å². The number of piperidine rings is 1. The number of carbonyl (C=O) groups is 2. The summed E-state index contributed by atoms with van der Waals surface area (Å²) in [7, 11) is 5.43. The van der Waals surface area contributed by atoms with Crippen molar-refractivity contribution in [1.29, 1.82) is 0 Å². The number of aliphatic imine (C=N–C) groups is 1. The molecule has 0 aromatic heterocycles. The van der Waals surface area contributed by atoms with Gasteiger partial charge in [-0.1, -0.05) is 12.1 Å². The number of anilines is 1. The van der Waals surface area contributed by atoms with E-state index in [-0.39, 0.29) is 35.8 Å². The first-order valence-corrected chi connectivity index (χ1v) is 10.7. The highest BCUT2D eigenvalue weighted by Crippen LogP contribution is 2.20. The molecule has 0 bridgehead atoms. The number of carbonyl (C=O) groups excluding carboxylic acids is 2. The van der Waals surface area contributed by atoms with Crippen molar-refractivity contribution in [3.05, 3.63) is 29.8 Å². The van der Waals surface area contributed by atoms with Gasteiger partial charge >= 0.3 is 0 Å². The van der Waals surface area contributed by atoms with E-state index in [1.807, 2.05) is 43.3 Å². The maximum Gasteiger partial charge on any atom is 0.238 e. The summed E-state index contributed by atoms with van der Waals surface area (Å²) in [5.41, 5.74) is 1.83. The van der Waals surface area contributed by atoms with Crippen LogP contribution in [0, 0.1) is 5.92 Å². The first-order valence-electron chi connectivity index (χ1n) is 10.7. The molecular formula is C22H37IN6O2. The van der Waals surface area contributed by atoms with Crippen LogP contribution in [0.2, 0.25) is 0 Å². The maximum atomic E-state index is 12.0. The normalized spacial score (nSPS) is 14.7. The van der Waals surface area contributed by atoms with Gasteiger partial charge in [0.1, 0.15) is 0 Å². The molecule has 8 nitrogen and oxygen atoms in total. The number of halogens is 1. The average molecular weight is 544 g/mol. The fourth-order valence-electron chi connectivity index (χ4n) is 3.54. The summed E-state index contributed by atoms with van der Waals surface area (Å²) in [5, 5.41) is 9.02. The Kier molecular flexibility index (Phi) is 12.5. The van der Waals surface area contributed by atoms with Gasteiger partial charge in [0.2, 0.25) is 11.8 Å². The van der Waals surface area contributed by atoms with E-state index >= 15 is 0 Å². The number of benzene rings is 1. The maximum absolute atomic E-state index is 12.0. The minimum absolute atomic E-state index is 0. The summed E-state index contributed by atoms with van der Waals surface area (Å²) in [4.78, 5) is 32.5. The van der Waals surface area contributed by atoms with Crippen LogP contribution in [-0.2, 0) is 16.1 Å². The molecule has 2 rings (SSSR count). The zero-order chi connectivity index (χ0) is 21.9. The summed E-state index contributed by atoms with van der Waals surface area (Å²) in [5.74, 6) is 1.42. The molecular weight excluding hydrogens is 507 g/mol. The number of likely N-dealkylation sites (N-methyl/N-ethyl adjacent to an activating group) is 1. The van der Waals surface area contributed by atoms with Crippen LogP contribution >= 0.6 is 24.0 Å². The van der Waals surface area contributed by atoms with Crippen molar-refractivity contribution in [3.8, 4) is 0 Å². The first kappa shape index (κ1) is 27.2. The minimum atomic E-state index is -0.0337. The number of nitrogens with zero attached hydrogens (tertiary/aromatic N) is 3. The Bertz CT molecular complexity index is 732. The largest absolute Gasteiger partial charge is 0.359 e. The predicted octanol–water partition coefficient (Wildman–Crippen LogP) is 2.12. The fraction of sp³-hybridized carbons (Fsp3) is 0.591. The molecule has 0 spiro atoms. The van der Waals surface area contributed by atoms with Gasteiger partial charge in [0.05, 0.1) is 13.1 Å². The molecule has 0 saturated carbocycles. The molecule has 2 amide bonds. The monoisotopic (exact) mass is 544 g/mol. The summed E-state index contributed by atoms with van der Waals surface area (Å²) in [6.07, 6.45) is 2.58. The zero-order valence-corrected chi connectivity index (χ0v) is 21.4. The van der Waals surface area contributed by atoms with Crippen LogP contribution in [-0.4, -0.2) is 74.9 Å². The minimum Gasteiger partial charge on any atom is -0.359 e. The van der Waals surface area contributed by atoms with Crippen molar-refractivity contribution in [2.24, 2.45) is 10.9 Å². The second-order valence-corrected chi connectivity index (χ2v) is 7.96. The SMILES string of the molecule is CCNC(=NCc1cccc(NC(=O)CN(C)C)c1)N1CCC(CC(=O)NC)CC1.I. The third-order valence-electron chi connectivity index (χ3n) is 5.08. The Balaban J connectivity index is 0.00000480. The Hall–Kier alpha value is -1.88. The summed E-state index contributed by atoms with van der Waals surface area (Å²) in [6.45, 7) is 5.55. The summed E-state index contributed by atoms with van der Waals surface area (Å²) < 4.78 is 0. The van der Waals surface area contributed by atoms with Crippen LogP contribution in [0.4, 0.5) is 5.69 Å². The van der Waals surface area contributed by atoms with Crippen LogP contribution in [0.3, 0.4) is 0 Å². The standard InChI is InChI=1S/C22H36N6O2.HI/c1-5-24-22(28-11-9-17(10-12-28)14-20(29)23-2)25-15-18-7-6-8-19(13-18)26-21(30)16-27(3)4;/h6-8,13,17H,5,9-12,14-16H2,1-4H3,(H,23,29)(H,24,25)(H,26,30);1H. The molecule has 0 atom stereocenters. The van der Waals surface area contributed by atoms with Crippen molar-refractivity contribution in [2.45, 2.75) is 32.7 Å². The van der Waals surface area contributed by atoms with Gasteiger partial charge < -0.3 is 25.8 Å². The fourth-order valence-corrected chi connectivity index (χ4v) is 3.54. The number of hydrogen-bond donors (Lipinski definition) is 3.